The van der Waals surface area contributed by atoms with Gasteiger partial charge in [-0.15, -0.1) is 0 Å². The zero-order valence-electron chi connectivity index (χ0n) is 10.8. The Morgan fingerprint density at radius 2 is 1.76 bits per heavy atom. The topological polar surface area (TPSA) is 86.6 Å². The summed E-state index contributed by atoms with van der Waals surface area (Å²) in [4.78, 5) is 22.7. The summed E-state index contributed by atoms with van der Waals surface area (Å²) in [5, 5.41) is 21.0. The lowest BCUT2D eigenvalue weighted by Crippen LogP contribution is -2.23. The van der Waals surface area contributed by atoms with Crippen LogP contribution in [0.25, 0.3) is 0 Å². The molecule has 5 nitrogen and oxygen atoms in total. The average Bonchev–Trinajstić information content (AvgIpc) is 2.47. The highest BCUT2D eigenvalue weighted by Gasteiger charge is 2.11. The predicted molar refractivity (Wildman–Crippen MR) is 77.7 cm³/mol. The minimum atomic E-state index is -1.00. The third-order valence-corrected chi connectivity index (χ3v) is 3.18. The van der Waals surface area contributed by atoms with E-state index in [-0.39, 0.29) is 28.4 Å². The minimum Gasteiger partial charge on any atom is -0.508 e. The Kier molecular flexibility index (Phi) is 4.45. The number of benzene rings is 2. The molecule has 0 aliphatic rings. The number of hydrogen-bond acceptors (Lipinski definition) is 3. The van der Waals surface area contributed by atoms with Crippen LogP contribution in [-0.2, 0) is 6.54 Å². The third kappa shape index (κ3) is 3.73. The molecule has 6 heteroatoms. The molecule has 2 aromatic rings. The summed E-state index contributed by atoms with van der Waals surface area (Å²) in [5.41, 5.74) is 1.12. The number of aromatic hydroxyl groups is 1. The highest BCUT2D eigenvalue weighted by atomic mass is 35.5. The highest BCUT2D eigenvalue weighted by Crippen LogP contribution is 2.21. The Labute approximate surface area is 125 Å². The van der Waals surface area contributed by atoms with Crippen molar-refractivity contribution in [2.75, 3.05) is 0 Å². The van der Waals surface area contributed by atoms with Crippen LogP contribution >= 0.6 is 11.6 Å². The zero-order chi connectivity index (χ0) is 15.4. The van der Waals surface area contributed by atoms with E-state index in [0.717, 1.165) is 5.56 Å². The molecular formula is C15H12ClNO4. The Morgan fingerprint density at radius 1 is 1.10 bits per heavy atom. The van der Waals surface area contributed by atoms with Crippen molar-refractivity contribution in [2.24, 2.45) is 0 Å². The van der Waals surface area contributed by atoms with Gasteiger partial charge < -0.3 is 15.5 Å². The number of hydrogen-bond donors (Lipinski definition) is 3. The molecular weight excluding hydrogens is 294 g/mol. The fraction of sp³-hybridized carbons (Fsp3) is 0.0667. The highest BCUT2D eigenvalue weighted by molar-refractivity contribution is 6.33. The first kappa shape index (κ1) is 14.9. The molecule has 0 aliphatic heterocycles. The molecule has 0 heterocycles. The first-order valence-electron chi connectivity index (χ1n) is 6.06. The molecule has 0 radical (unpaired) electrons. The molecule has 0 saturated heterocycles. The Bertz CT molecular complexity index is 683. The second-order valence-electron chi connectivity index (χ2n) is 4.35. The molecule has 1 amide bonds. The van der Waals surface area contributed by atoms with Crippen molar-refractivity contribution < 1.29 is 19.8 Å². The number of aromatic carboxylic acids is 1. The van der Waals surface area contributed by atoms with E-state index in [4.69, 9.17) is 16.7 Å². The molecule has 0 fully saturated rings. The van der Waals surface area contributed by atoms with Crippen LogP contribution in [0.3, 0.4) is 0 Å². The van der Waals surface area contributed by atoms with Gasteiger partial charge in [0.1, 0.15) is 5.75 Å². The van der Waals surface area contributed by atoms with Crippen molar-refractivity contribution in [3.63, 3.8) is 0 Å². The molecule has 0 saturated carbocycles. The number of carbonyl (C=O) groups excluding carboxylic acids is 1. The first-order chi connectivity index (χ1) is 9.97. The number of carboxylic acid groups (broad SMARTS) is 1. The number of phenolic OH excluding ortho intramolecular Hbond substituents is 1. The van der Waals surface area contributed by atoms with Crippen molar-refractivity contribution in [2.45, 2.75) is 6.54 Å². The summed E-state index contributed by atoms with van der Waals surface area (Å²) in [6.07, 6.45) is 0. The van der Waals surface area contributed by atoms with Crippen molar-refractivity contribution in [1.29, 1.82) is 0 Å². The van der Waals surface area contributed by atoms with Crippen LogP contribution in [0.4, 0.5) is 0 Å². The molecule has 0 bridgehead atoms. The lowest BCUT2D eigenvalue weighted by Gasteiger charge is -2.07. The summed E-state index contributed by atoms with van der Waals surface area (Å²) < 4.78 is 0. The second-order valence-corrected chi connectivity index (χ2v) is 4.76. The number of phenols is 1. The normalized spacial score (nSPS) is 10.1. The predicted octanol–water partition coefficient (Wildman–Crippen LogP) is 2.67. The van der Waals surface area contributed by atoms with Gasteiger partial charge in [-0.1, -0.05) is 23.7 Å². The summed E-state index contributed by atoms with van der Waals surface area (Å²) in [7, 11) is 0. The van der Waals surface area contributed by atoms with Gasteiger partial charge in [0, 0.05) is 6.54 Å². The third-order valence-electron chi connectivity index (χ3n) is 2.85. The second kappa shape index (κ2) is 6.28. The number of halogens is 1. The molecule has 21 heavy (non-hydrogen) atoms. The van der Waals surface area contributed by atoms with E-state index >= 15 is 0 Å². The van der Waals surface area contributed by atoms with Crippen molar-refractivity contribution in [1.82, 2.24) is 5.32 Å². The number of amides is 1. The Hall–Kier alpha value is -2.53. The fourth-order valence-electron chi connectivity index (χ4n) is 1.73. The van der Waals surface area contributed by atoms with Gasteiger partial charge in [0.2, 0.25) is 0 Å². The Balaban J connectivity index is 2.04. The molecule has 0 aromatic heterocycles. The molecule has 2 aromatic carbocycles. The first-order valence-corrected chi connectivity index (χ1v) is 6.44. The van der Waals surface area contributed by atoms with E-state index in [9.17, 15) is 14.7 Å². The fourth-order valence-corrected chi connectivity index (χ4v) is 1.93. The SMILES string of the molecule is O=C(O)c1ccc(CNC(=O)c2cc(O)ccc2Cl)cc1. The maximum atomic E-state index is 12.0. The van der Waals surface area contributed by atoms with Gasteiger partial charge in [-0.25, -0.2) is 4.79 Å². The van der Waals surface area contributed by atoms with Gasteiger partial charge in [-0.05, 0) is 35.9 Å². The van der Waals surface area contributed by atoms with E-state index in [0.29, 0.717) is 0 Å². The lowest BCUT2D eigenvalue weighted by molar-refractivity contribution is 0.0696. The molecule has 0 atom stereocenters. The lowest BCUT2D eigenvalue weighted by atomic mass is 10.1. The number of carboxylic acids is 1. The van der Waals surface area contributed by atoms with E-state index in [1.165, 1.54) is 30.3 Å². The number of nitrogens with one attached hydrogen (secondary N) is 1. The maximum absolute atomic E-state index is 12.0. The number of rotatable bonds is 4. The summed E-state index contributed by atoms with van der Waals surface area (Å²) in [5.74, 6) is -1.47. The van der Waals surface area contributed by atoms with E-state index < -0.39 is 11.9 Å². The van der Waals surface area contributed by atoms with Gasteiger partial charge >= 0.3 is 5.97 Å². The smallest absolute Gasteiger partial charge is 0.335 e. The minimum absolute atomic E-state index is 0.0460. The van der Waals surface area contributed by atoms with Crippen LogP contribution in [0.15, 0.2) is 42.5 Å². The largest absolute Gasteiger partial charge is 0.508 e. The zero-order valence-corrected chi connectivity index (χ0v) is 11.6. The van der Waals surface area contributed by atoms with Gasteiger partial charge in [0.05, 0.1) is 16.1 Å². The Morgan fingerprint density at radius 3 is 2.38 bits per heavy atom. The summed E-state index contributed by atoms with van der Waals surface area (Å²) >= 11 is 5.89. The van der Waals surface area contributed by atoms with Crippen LogP contribution < -0.4 is 5.32 Å². The van der Waals surface area contributed by atoms with Crippen LogP contribution in [0, 0.1) is 0 Å². The van der Waals surface area contributed by atoms with Crippen molar-refractivity contribution in [3.8, 4) is 5.75 Å². The summed E-state index contributed by atoms with van der Waals surface area (Å²) in [6, 6.07) is 10.3. The molecule has 2 rings (SSSR count). The van der Waals surface area contributed by atoms with Crippen LogP contribution in [0.2, 0.25) is 5.02 Å². The van der Waals surface area contributed by atoms with Gasteiger partial charge in [-0.2, -0.15) is 0 Å². The van der Waals surface area contributed by atoms with Gasteiger partial charge in [-0.3, -0.25) is 4.79 Å². The standard InChI is InChI=1S/C15H12ClNO4/c16-13-6-5-11(18)7-12(13)14(19)17-8-9-1-3-10(4-2-9)15(20)21/h1-7,18H,8H2,(H,17,19)(H,20,21). The van der Waals surface area contributed by atoms with Crippen LogP contribution in [-0.4, -0.2) is 22.1 Å². The van der Waals surface area contributed by atoms with Gasteiger partial charge in [0.15, 0.2) is 0 Å². The maximum Gasteiger partial charge on any atom is 0.335 e. The van der Waals surface area contributed by atoms with E-state index in [1.807, 2.05) is 0 Å². The molecule has 0 unspecified atom stereocenters. The summed E-state index contributed by atoms with van der Waals surface area (Å²) in [6.45, 7) is 0.227. The van der Waals surface area contributed by atoms with E-state index in [2.05, 4.69) is 5.32 Å². The van der Waals surface area contributed by atoms with Crippen LogP contribution in [0.1, 0.15) is 26.3 Å². The molecule has 3 N–H and O–H groups in total. The van der Waals surface area contributed by atoms with Crippen molar-refractivity contribution in [3.05, 3.63) is 64.2 Å². The molecule has 0 aliphatic carbocycles. The quantitative estimate of drug-likeness (QED) is 0.810. The average molecular weight is 306 g/mol. The monoisotopic (exact) mass is 305 g/mol. The number of carbonyl (C=O) groups is 2. The van der Waals surface area contributed by atoms with Crippen LogP contribution in [0.5, 0.6) is 5.75 Å². The van der Waals surface area contributed by atoms with Crippen molar-refractivity contribution >= 4 is 23.5 Å². The van der Waals surface area contributed by atoms with E-state index in [1.54, 1.807) is 12.1 Å². The molecule has 108 valence electrons. The van der Waals surface area contributed by atoms with Gasteiger partial charge in [0.25, 0.3) is 5.91 Å². The molecule has 0 spiro atoms.